The van der Waals surface area contributed by atoms with Gasteiger partial charge in [-0.05, 0) is 48.0 Å². The Kier molecular flexibility index (Phi) is 8.12. The predicted molar refractivity (Wildman–Crippen MR) is 132 cm³/mol. The summed E-state index contributed by atoms with van der Waals surface area (Å²) >= 11 is 0. The number of benzene rings is 3. The molecule has 0 amide bonds. The van der Waals surface area contributed by atoms with E-state index < -0.39 is 21.8 Å². The van der Waals surface area contributed by atoms with Crippen molar-refractivity contribution in [3.8, 4) is 28.7 Å². The summed E-state index contributed by atoms with van der Waals surface area (Å²) in [6, 6.07) is 8.92. The van der Waals surface area contributed by atoms with Crippen molar-refractivity contribution in [2.75, 3.05) is 33.2 Å². The number of nitrogens with one attached hydrogen (secondary N) is 1. The molecule has 0 bridgehead atoms. The number of phenols is 1. The first-order chi connectivity index (χ1) is 17.4. The van der Waals surface area contributed by atoms with E-state index >= 15 is 0 Å². The first-order valence-corrected chi connectivity index (χ1v) is 12.0. The number of sulfonamides is 1. The van der Waals surface area contributed by atoms with Crippen LogP contribution in [0.5, 0.6) is 28.7 Å². The number of anilines is 1. The highest BCUT2D eigenvalue weighted by atomic mass is 32.2. The maximum absolute atomic E-state index is 12.9. The van der Waals surface area contributed by atoms with E-state index in [9.17, 15) is 26.7 Å². The predicted octanol–water partition coefficient (Wildman–Crippen LogP) is 5.42. The van der Waals surface area contributed by atoms with Crippen LogP contribution in [0, 0.1) is 0 Å². The van der Waals surface area contributed by atoms with E-state index in [0.717, 1.165) is 12.1 Å². The van der Waals surface area contributed by atoms with Gasteiger partial charge in [0.15, 0.2) is 23.0 Å². The van der Waals surface area contributed by atoms with Crippen molar-refractivity contribution in [1.29, 1.82) is 0 Å². The third kappa shape index (κ3) is 6.20. The molecule has 0 saturated carbocycles. The molecule has 3 aromatic rings. The van der Waals surface area contributed by atoms with Gasteiger partial charge in [-0.25, -0.2) is 8.42 Å². The van der Waals surface area contributed by atoms with Crippen molar-refractivity contribution in [3.05, 3.63) is 65.2 Å². The van der Waals surface area contributed by atoms with Gasteiger partial charge in [0.25, 0.3) is 10.0 Å². The first-order valence-electron chi connectivity index (χ1n) is 10.5. The van der Waals surface area contributed by atoms with Gasteiger partial charge in [0.1, 0.15) is 0 Å². The first kappa shape index (κ1) is 27.5. The largest absolute Gasteiger partial charge is 0.504 e. The standard InChI is InChI=1S/C25H24F3NO7S/c1-33-21-14-19(29-37(31,32)18-9-7-17(8-10-18)25(26,27)28)16(13-20(21)30)6-5-15-11-22(34-2)24(36-4)23(12-15)35-3/h5-14,29-30H,1-4H3/b6-5-. The molecule has 8 nitrogen and oxygen atoms in total. The molecule has 0 aromatic heterocycles. The number of ether oxygens (including phenoxy) is 4. The summed E-state index contributed by atoms with van der Waals surface area (Å²) in [5.41, 5.74) is -0.131. The van der Waals surface area contributed by atoms with Gasteiger partial charge in [-0.1, -0.05) is 12.2 Å². The Morgan fingerprint density at radius 2 is 1.38 bits per heavy atom. The van der Waals surface area contributed by atoms with E-state index in [4.69, 9.17) is 18.9 Å². The van der Waals surface area contributed by atoms with Gasteiger partial charge in [0.2, 0.25) is 5.75 Å². The summed E-state index contributed by atoms with van der Waals surface area (Å²) in [6.07, 6.45) is -1.48. The maximum atomic E-state index is 12.9. The van der Waals surface area contributed by atoms with E-state index in [2.05, 4.69) is 4.72 Å². The van der Waals surface area contributed by atoms with E-state index in [1.54, 1.807) is 18.2 Å². The van der Waals surface area contributed by atoms with Crippen LogP contribution < -0.4 is 23.7 Å². The van der Waals surface area contributed by atoms with Gasteiger partial charge >= 0.3 is 6.18 Å². The number of aromatic hydroxyl groups is 1. The lowest BCUT2D eigenvalue weighted by Gasteiger charge is -2.15. The minimum Gasteiger partial charge on any atom is -0.504 e. The molecule has 198 valence electrons. The summed E-state index contributed by atoms with van der Waals surface area (Å²) in [5.74, 6) is 0.887. The average Bonchev–Trinajstić information content (AvgIpc) is 2.87. The van der Waals surface area contributed by atoms with Gasteiger partial charge in [0, 0.05) is 11.6 Å². The van der Waals surface area contributed by atoms with Crippen LogP contribution in [0.4, 0.5) is 18.9 Å². The SMILES string of the molecule is COc1cc(NS(=O)(=O)c2ccc(C(F)(F)F)cc2)c(/C=C\c2cc(OC)c(OC)c(OC)c2)cc1O. The fourth-order valence-corrected chi connectivity index (χ4v) is 4.46. The average molecular weight is 540 g/mol. The Bertz CT molecular complexity index is 1380. The third-order valence-corrected chi connectivity index (χ3v) is 6.61. The molecule has 0 atom stereocenters. The molecule has 37 heavy (non-hydrogen) atoms. The van der Waals surface area contributed by atoms with Crippen LogP contribution in [0.25, 0.3) is 12.2 Å². The fraction of sp³-hybridized carbons (Fsp3) is 0.200. The minimum absolute atomic E-state index is 0.0123. The lowest BCUT2D eigenvalue weighted by atomic mass is 10.1. The van der Waals surface area contributed by atoms with E-state index in [0.29, 0.717) is 34.9 Å². The molecule has 0 aliphatic carbocycles. The molecule has 0 saturated heterocycles. The summed E-state index contributed by atoms with van der Waals surface area (Å²) in [4.78, 5) is -0.382. The molecule has 0 fully saturated rings. The molecule has 0 aliphatic heterocycles. The number of phenolic OH excluding ortho intramolecular Hbond substituents is 1. The molecule has 12 heteroatoms. The summed E-state index contributed by atoms with van der Waals surface area (Å²) in [7, 11) is 1.37. The third-order valence-electron chi connectivity index (χ3n) is 5.23. The maximum Gasteiger partial charge on any atom is 0.416 e. The smallest absolute Gasteiger partial charge is 0.416 e. The lowest BCUT2D eigenvalue weighted by molar-refractivity contribution is -0.137. The zero-order chi connectivity index (χ0) is 27.4. The summed E-state index contributed by atoms with van der Waals surface area (Å²) in [6.45, 7) is 0. The quantitative estimate of drug-likeness (QED) is 0.277. The molecule has 0 heterocycles. The molecule has 3 rings (SSSR count). The number of methoxy groups -OCH3 is 4. The van der Waals surface area contributed by atoms with Crippen molar-refractivity contribution in [2.45, 2.75) is 11.1 Å². The molecule has 0 unspecified atom stereocenters. The van der Waals surface area contributed by atoms with Crippen molar-refractivity contribution in [1.82, 2.24) is 0 Å². The van der Waals surface area contributed by atoms with Crippen LogP contribution in [0.3, 0.4) is 0 Å². The molecule has 0 aliphatic rings. The van der Waals surface area contributed by atoms with Crippen LogP contribution in [-0.4, -0.2) is 42.0 Å². The zero-order valence-electron chi connectivity index (χ0n) is 20.2. The van der Waals surface area contributed by atoms with Crippen LogP contribution in [0.1, 0.15) is 16.7 Å². The molecule has 3 aromatic carbocycles. The normalized spacial score (nSPS) is 11.9. The highest BCUT2D eigenvalue weighted by molar-refractivity contribution is 7.92. The Morgan fingerprint density at radius 1 is 0.811 bits per heavy atom. The highest BCUT2D eigenvalue weighted by Crippen LogP contribution is 2.39. The number of alkyl halides is 3. The topological polar surface area (TPSA) is 103 Å². The molecule has 0 spiro atoms. The van der Waals surface area contributed by atoms with E-state index in [1.165, 1.54) is 46.6 Å². The van der Waals surface area contributed by atoms with Crippen LogP contribution >= 0.6 is 0 Å². The second-order valence-corrected chi connectivity index (χ2v) is 9.21. The van der Waals surface area contributed by atoms with Gasteiger partial charge in [-0.15, -0.1) is 0 Å². The Labute approximate surface area is 211 Å². The lowest BCUT2D eigenvalue weighted by Crippen LogP contribution is -2.14. The van der Waals surface area contributed by atoms with Gasteiger partial charge < -0.3 is 24.1 Å². The van der Waals surface area contributed by atoms with Gasteiger partial charge in [-0.3, -0.25) is 4.72 Å². The van der Waals surface area contributed by atoms with Crippen LogP contribution in [-0.2, 0) is 16.2 Å². The molecule has 0 radical (unpaired) electrons. The Hall–Kier alpha value is -4.06. The minimum atomic E-state index is -4.61. The number of halogens is 3. The zero-order valence-corrected chi connectivity index (χ0v) is 21.0. The van der Waals surface area contributed by atoms with Crippen molar-refractivity contribution < 1.29 is 45.6 Å². The Morgan fingerprint density at radius 3 is 1.86 bits per heavy atom. The van der Waals surface area contributed by atoms with E-state index in [-0.39, 0.29) is 27.6 Å². The molecule has 2 N–H and O–H groups in total. The van der Waals surface area contributed by atoms with Crippen LogP contribution in [0.15, 0.2) is 53.4 Å². The highest BCUT2D eigenvalue weighted by Gasteiger charge is 2.30. The van der Waals surface area contributed by atoms with Gasteiger partial charge in [-0.2, -0.15) is 13.2 Å². The number of rotatable bonds is 9. The molecular weight excluding hydrogens is 515 g/mol. The Balaban J connectivity index is 2.02. The number of hydrogen-bond donors (Lipinski definition) is 2. The van der Waals surface area contributed by atoms with Crippen molar-refractivity contribution in [2.24, 2.45) is 0 Å². The van der Waals surface area contributed by atoms with Crippen molar-refractivity contribution >= 4 is 27.9 Å². The second-order valence-electron chi connectivity index (χ2n) is 7.53. The fourth-order valence-electron chi connectivity index (χ4n) is 3.38. The van der Waals surface area contributed by atoms with Gasteiger partial charge in [0.05, 0.1) is 44.6 Å². The van der Waals surface area contributed by atoms with E-state index in [1.807, 2.05) is 0 Å². The second kappa shape index (κ2) is 10.9. The summed E-state index contributed by atoms with van der Waals surface area (Å²) in [5, 5.41) is 10.3. The molecular formula is C25H24F3NO7S. The number of hydrogen-bond acceptors (Lipinski definition) is 7. The van der Waals surface area contributed by atoms with Crippen LogP contribution in [0.2, 0.25) is 0 Å². The van der Waals surface area contributed by atoms with Crippen molar-refractivity contribution in [3.63, 3.8) is 0 Å². The summed E-state index contributed by atoms with van der Waals surface area (Å²) < 4.78 is 87.9. The monoisotopic (exact) mass is 539 g/mol.